The average molecular weight is 281 g/mol. The molecule has 0 atom stereocenters. The molecule has 0 radical (unpaired) electrons. The number of anilines is 1. The molecule has 0 aromatic carbocycles. The molecular formula is C12H13ClN4O2. The maximum absolute atomic E-state index is 11.9. The first kappa shape index (κ1) is 13.5. The summed E-state index contributed by atoms with van der Waals surface area (Å²) in [6, 6.07) is 3.18. The Labute approximate surface area is 115 Å². The second kappa shape index (κ2) is 6.31. The Bertz CT molecular complexity index is 553. The molecule has 2 aromatic rings. The number of aromatic nitrogens is 3. The molecule has 0 fully saturated rings. The van der Waals surface area contributed by atoms with Crippen LogP contribution in [0.4, 0.5) is 5.69 Å². The lowest BCUT2D eigenvalue weighted by Crippen LogP contribution is -2.11. The van der Waals surface area contributed by atoms with Crippen molar-refractivity contribution < 1.29 is 9.53 Å². The Morgan fingerprint density at radius 2 is 2.32 bits per heavy atom. The third kappa shape index (κ3) is 3.77. The highest BCUT2D eigenvalue weighted by molar-refractivity contribution is 6.29. The van der Waals surface area contributed by atoms with Crippen molar-refractivity contribution in [1.82, 2.24) is 14.8 Å². The van der Waals surface area contributed by atoms with Crippen molar-refractivity contribution in [1.29, 1.82) is 0 Å². The van der Waals surface area contributed by atoms with Crippen molar-refractivity contribution >= 4 is 23.2 Å². The lowest BCUT2D eigenvalue weighted by molar-refractivity contribution is 0.102. The minimum atomic E-state index is -0.254. The summed E-state index contributed by atoms with van der Waals surface area (Å²) in [5.74, 6) is -0.254. The van der Waals surface area contributed by atoms with Crippen molar-refractivity contribution in [3.05, 3.63) is 41.4 Å². The Kier molecular flexibility index (Phi) is 4.48. The van der Waals surface area contributed by atoms with E-state index in [1.165, 1.54) is 6.20 Å². The molecule has 1 N–H and O–H groups in total. The number of hydrogen-bond donors (Lipinski definition) is 1. The standard InChI is InChI=1S/C12H13ClN4O2/c1-19-5-4-17-8-10(7-15-17)16-12(18)9-2-3-11(13)14-6-9/h2-3,6-8H,4-5H2,1H3,(H,16,18). The van der Waals surface area contributed by atoms with E-state index in [9.17, 15) is 4.79 Å². The number of nitrogens with zero attached hydrogens (tertiary/aromatic N) is 3. The summed E-state index contributed by atoms with van der Waals surface area (Å²) in [5.41, 5.74) is 1.06. The van der Waals surface area contributed by atoms with E-state index in [4.69, 9.17) is 16.3 Å². The van der Waals surface area contributed by atoms with Crippen molar-refractivity contribution in [3.8, 4) is 0 Å². The van der Waals surface area contributed by atoms with Gasteiger partial charge in [-0.1, -0.05) is 11.6 Å². The molecule has 0 spiro atoms. The van der Waals surface area contributed by atoms with E-state index >= 15 is 0 Å². The molecule has 2 rings (SSSR count). The summed E-state index contributed by atoms with van der Waals surface area (Å²) in [7, 11) is 1.62. The quantitative estimate of drug-likeness (QED) is 0.849. The van der Waals surface area contributed by atoms with E-state index in [1.807, 2.05) is 0 Å². The summed E-state index contributed by atoms with van der Waals surface area (Å²) in [6.07, 6.45) is 4.74. The van der Waals surface area contributed by atoms with Gasteiger partial charge in [-0.05, 0) is 12.1 Å². The van der Waals surface area contributed by atoms with Crippen LogP contribution in [0.1, 0.15) is 10.4 Å². The molecule has 0 bridgehead atoms. The highest BCUT2D eigenvalue weighted by Gasteiger charge is 2.07. The highest BCUT2D eigenvalue weighted by atomic mass is 35.5. The van der Waals surface area contributed by atoms with Gasteiger partial charge in [-0.3, -0.25) is 9.48 Å². The van der Waals surface area contributed by atoms with E-state index in [-0.39, 0.29) is 5.91 Å². The molecule has 100 valence electrons. The van der Waals surface area contributed by atoms with Gasteiger partial charge in [0.05, 0.1) is 30.6 Å². The molecule has 0 aliphatic carbocycles. The van der Waals surface area contributed by atoms with Crippen LogP contribution in [-0.2, 0) is 11.3 Å². The van der Waals surface area contributed by atoms with Crippen LogP contribution in [0.15, 0.2) is 30.7 Å². The third-order valence-electron chi connectivity index (χ3n) is 2.41. The Morgan fingerprint density at radius 1 is 1.47 bits per heavy atom. The minimum Gasteiger partial charge on any atom is -0.383 e. The summed E-state index contributed by atoms with van der Waals surface area (Å²) in [5, 5.41) is 7.18. The Morgan fingerprint density at radius 3 is 3.00 bits per heavy atom. The van der Waals surface area contributed by atoms with E-state index in [1.54, 1.807) is 36.3 Å². The van der Waals surface area contributed by atoms with Gasteiger partial charge in [-0.15, -0.1) is 0 Å². The average Bonchev–Trinajstić information content (AvgIpc) is 2.84. The highest BCUT2D eigenvalue weighted by Crippen LogP contribution is 2.09. The molecule has 6 nitrogen and oxygen atoms in total. The molecule has 0 saturated heterocycles. The van der Waals surface area contributed by atoms with Crippen LogP contribution in [0.3, 0.4) is 0 Å². The first-order valence-electron chi connectivity index (χ1n) is 5.63. The van der Waals surface area contributed by atoms with Gasteiger partial charge in [-0.25, -0.2) is 4.98 Å². The van der Waals surface area contributed by atoms with Crippen LogP contribution >= 0.6 is 11.6 Å². The number of ether oxygens (including phenoxy) is 1. The molecule has 0 unspecified atom stereocenters. The Balaban J connectivity index is 1.98. The zero-order valence-electron chi connectivity index (χ0n) is 10.3. The van der Waals surface area contributed by atoms with E-state index < -0.39 is 0 Å². The number of hydrogen-bond acceptors (Lipinski definition) is 4. The number of carbonyl (C=O) groups excluding carboxylic acids is 1. The second-order valence-electron chi connectivity index (χ2n) is 3.81. The molecule has 0 aliphatic heterocycles. The van der Waals surface area contributed by atoms with Crippen LogP contribution in [0, 0.1) is 0 Å². The zero-order valence-corrected chi connectivity index (χ0v) is 11.1. The summed E-state index contributed by atoms with van der Waals surface area (Å²) in [4.78, 5) is 15.7. The van der Waals surface area contributed by atoms with E-state index in [0.717, 1.165) is 0 Å². The van der Waals surface area contributed by atoms with Crippen LogP contribution < -0.4 is 5.32 Å². The van der Waals surface area contributed by atoms with Crippen molar-refractivity contribution in [2.75, 3.05) is 19.0 Å². The van der Waals surface area contributed by atoms with Gasteiger partial charge >= 0.3 is 0 Å². The van der Waals surface area contributed by atoms with E-state index in [0.29, 0.717) is 29.6 Å². The number of rotatable bonds is 5. The third-order valence-corrected chi connectivity index (χ3v) is 2.63. The number of nitrogens with one attached hydrogen (secondary N) is 1. The molecule has 2 heterocycles. The predicted molar refractivity (Wildman–Crippen MR) is 71.3 cm³/mol. The number of pyridine rings is 1. The predicted octanol–water partition coefficient (Wildman–Crippen LogP) is 1.83. The van der Waals surface area contributed by atoms with Crippen molar-refractivity contribution in [2.45, 2.75) is 6.54 Å². The van der Waals surface area contributed by atoms with Gasteiger partial charge in [0, 0.05) is 19.5 Å². The maximum Gasteiger partial charge on any atom is 0.257 e. The van der Waals surface area contributed by atoms with E-state index in [2.05, 4.69) is 15.4 Å². The topological polar surface area (TPSA) is 69.0 Å². The van der Waals surface area contributed by atoms with Gasteiger partial charge in [0.1, 0.15) is 5.15 Å². The van der Waals surface area contributed by atoms with Crippen LogP contribution in [0.2, 0.25) is 5.15 Å². The summed E-state index contributed by atoms with van der Waals surface area (Å²) < 4.78 is 6.64. The first-order chi connectivity index (χ1) is 9.19. The van der Waals surface area contributed by atoms with Crippen LogP contribution in [-0.4, -0.2) is 34.4 Å². The fourth-order valence-corrected chi connectivity index (χ4v) is 1.56. The van der Waals surface area contributed by atoms with Gasteiger partial charge in [0.2, 0.25) is 0 Å². The number of methoxy groups -OCH3 is 1. The van der Waals surface area contributed by atoms with Gasteiger partial charge in [0.15, 0.2) is 0 Å². The van der Waals surface area contributed by atoms with Gasteiger partial charge in [-0.2, -0.15) is 5.10 Å². The van der Waals surface area contributed by atoms with Gasteiger partial charge in [0.25, 0.3) is 5.91 Å². The number of halogens is 1. The Hall–Kier alpha value is -1.92. The zero-order chi connectivity index (χ0) is 13.7. The molecule has 0 aliphatic rings. The SMILES string of the molecule is COCCn1cc(NC(=O)c2ccc(Cl)nc2)cn1. The fraction of sp³-hybridized carbons (Fsp3) is 0.250. The minimum absolute atomic E-state index is 0.254. The monoisotopic (exact) mass is 280 g/mol. The van der Waals surface area contributed by atoms with Crippen molar-refractivity contribution in [2.24, 2.45) is 0 Å². The number of carbonyl (C=O) groups is 1. The normalized spacial score (nSPS) is 10.4. The molecule has 0 saturated carbocycles. The molecule has 2 aromatic heterocycles. The summed E-state index contributed by atoms with van der Waals surface area (Å²) in [6.45, 7) is 1.20. The first-order valence-corrected chi connectivity index (χ1v) is 6.01. The lowest BCUT2D eigenvalue weighted by atomic mass is 10.2. The van der Waals surface area contributed by atoms with Crippen LogP contribution in [0.25, 0.3) is 0 Å². The fourth-order valence-electron chi connectivity index (χ4n) is 1.45. The molecule has 19 heavy (non-hydrogen) atoms. The van der Waals surface area contributed by atoms with Crippen LogP contribution in [0.5, 0.6) is 0 Å². The largest absolute Gasteiger partial charge is 0.383 e. The lowest BCUT2D eigenvalue weighted by Gasteiger charge is -2.02. The smallest absolute Gasteiger partial charge is 0.257 e. The molecule has 7 heteroatoms. The van der Waals surface area contributed by atoms with Gasteiger partial charge < -0.3 is 10.1 Å². The van der Waals surface area contributed by atoms with Crippen molar-refractivity contribution in [3.63, 3.8) is 0 Å². The molecule has 1 amide bonds. The number of amides is 1. The second-order valence-corrected chi connectivity index (χ2v) is 4.20. The summed E-state index contributed by atoms with van der Waals surface area (Å²) >= 11 is 5.66. The molecular weight excluding hydrogens is 268 g/mol. The maximum atomic E-state index is 11.9.